The van der Waals surface area contributed by atoms with Crippen molar-refractivity contribution in [2.45, 2.75) is 39.3 Å². The molecule has 0 aliphatic heterocycles. The second-order valence-corrected chi connectivity index (χ2v) is 5.65. The third-order valence-corrected chi connectivity index (χ3v) is 3.75. The Bertz CT molecular complexity index is 388. The highest BCUT2D eigenvalue weighted by Crippen LogP contribution is 2.33. The summed E-state index contributed by atoms with van der Waals surface area (Å²) in [7, 11) is 0. The van der Waals surface area contributed by atoms with Crippen LogP contribution in [0.4, 0.5) is 0 Å². The Kier molecular flexibility index (Phi) is 3.55. The maximum Gasteiger partial charge on any atom is 0.123 e. The van der Waals surface area contributed by atoms with E-state index in [2.05, 4.69) is 28.2 Å². The average Bonchev–Trinajstić information content (AvgIpc) is 3.04. The van der Waals surface area contributed by atoms with Crippen LogP contribution in [0.15, 0.2) is 16.6 Å². The van der Waals surface area contributed by atoms with Crippen molar-refractivity contribution in [3.63, 3.8) is 0 Å². The minimum absolute atomic E-state index is 0.415. The summed E-state index contributed by atoms with van der Waals surface area (Å²) in [5.41, 5.74) is 1.89. The van der Waals surface area contributed by atoms with Gasteiger partial charge in [-0.05, 0) is 50.3 Å². The molecule has 1 atom stereocenters. The molecule has 1 aliphatic rings. The fourth-order valence-electron chi connectivity index (χ4n) is 1.97. The number of nitrogens with one attached hydrogen (secondary N) is 1. The first kappa shape index (κ1) is 11.9. The standard InChI is InChI=1S/C13H18BrNO/c1-8-5-12(14)6-11(13(8)16)7-15-9(2)10-3-4-10/h5-6,9-10,15-16H,3-4,7H2,1-2H3. The van der Waals surface area contributed by atoms with E-state index in [9.17, 15) is 5.11 Å². The summed E-state index contributed by atoms with van der Waals surface area (Å²) in [6.45, 7) is 4.89. The van der Waals surface area contributed by atoms with Gasteiger partial charge < -0.3 is 10.4 Å². The highest BCUT2D eigenvalue weighted by atomic mass is 79.9. The van der Waals surface area contributed by atoms with Gasteiger partial charge in [-0.3, -0.25) is 0 Å². The number of halogens is 1. The topological polar surface area (TPSA) is 32.3 Å². The van der Waals surface area contributed by atoms with Crippen LogP contribution < -0.4 is 5.32 Å². The minimum Gasteiger partial charge on any atom is -0.507 e. The van der Waals surface area contributed by atoms with Crippen molar-refractivity contribution in [3.05, 3.63) is 27.7 Å². The molecule has 2 nitrogen and oxygen atoms in total. The van der Waals surface area contributed by atoms with Crippen LogP contribution in [-0.4, -0.2) is 11.1 Å². The number of hydrogen-bond acceptors (Lipinski definition) is 2. The quantitative estimate of drug-likeness (QED) is 0.888. The zero-order valence-electron chi connectivity index (χ0n) is 9.76. The van der Waals surface area contributed by atoms with E-state index in [-0.39, 0.29) is 0 Å². The van der Waals surface area contributed by atoms with Gasteiger partial charge in [-0.2, -0.15) is 0 Å². The van der Waals surface area contributed by atoms with E-state index in [1.54, 1.807) is 0 Å². The molecule has 3 heteroatoms. The number of rotatable bonds is 4. The van der Waals surface area contributed by atoms with Crippen LogP contribution in [0.25, 0.3) is 0 Å². The summed E-state index contributed by atoms with van der Waals surface area (Å²) in [5.74, 6) is 1.26. The molecular weight excluding hydrogens is 266 g/mol. The summed E-state index contributed by atoms with van der Waals surface area (Å²) in [6.07, 6.45) is 2.69. The van der Waals surface area contributed by atoms with Crippen LogP contribution in [0.1, 0.15) is 30.9 Å². The van der Waals surface area contributed by atoms with Crippen LogP contribution in [0.5, 0.6) is 5.75 Å². The number of benzene rings is 1. The maximum atomic E-state index is 9.93. The van der Waals surface area contributed by atoms with Crippen LogP contribution in [-0.2, 0) is 6.54 Å². The van der Waals surface area contributed by atoms with Gasteiger partial charge in [-0.25, -0.2) is 0 Å². The van der Waals surface area contributed by atoms with Gasteiger partial charge in [-0.1, -0.05) is 15.9 Å². The molecule has 1 unspecified atom stereocenters. The average molecular weight is 284 g/mol. The lowest BCUT2D eigenvalue weighted by atomic mass is 10.1. The van der Waals surface area contributed by atoms with E-state index in [1.807, 2.05) is 19.1 Å². The Hall–Kier alpha value is -0.540. The fourth-order valence-corrected chi connectivity index (χ4v) is 2.59. The van der Waals surface area contributed by atoms with Crippen molar-refractivity contribution >= 4 is 15.9 Å². The highest BCUT2D eigenvalue weighted by molar-refractivity contribution is 9.10. The molecule has 0 saturated heterocycles. The third-order valence-electron chi connectivity index (χ3n) is 3.29. The van der Waals surface area contributed by atoms with Gasteiger partial charge in [0.1, 0.15) is 5.75 Å². The van der Waals surface area contributed by atoms with E-state index in [1.165, 1.54) is 12.8 Å². The van der Waals surface area contributed by atoms with Crippen molar-refractivity contribution in [3.8, 4) is 5.75 Å². The van der Waals surface area contributed by atoms with Crippen molar-refractivity contribution in [2.75, 3.05) is 0 Å². The van der Waals surface area contributed by atoms with Crippen LogP contribution in [0.3, 0.4) is 0 Å². The Balaban J connectivity index is 2.02. The molecule has 1 aromatic carbocycles. The molecule has 88 valence electrons. The first-order valence-electron chi connectivity index (χ1n) is 5.79. The predicted molar refractivity (Wildman–Crippen MR) is 69.6 cm³/mol. The lowest BCUT2D eigenvalue weighted by Gasteiger charge is -2.14. The summed E-state index contributed by atoms with van der Waals surface area (Å²) in [4.78, 5) is 0. The number of aromatic hydroxyl groups is 1. The van der Waals surface area contributed by atoms with Gasteiger partial charge in [0.25, 0.3) is 0 Å². The molecule has 1 fully saturated rings. The molecule has 1 aliphatic carbocycles. The van der Waals surface area contributed by atoms with Crippen molar-refractivity contribution in [1.29, 1.82) is 0 Å². The van der Waals surface area contributed by atoms with Gasteiger partial charge in [-0.15, -0.1) is 0 Å². The van der Waals surface area contributed by atoms with E-state index < -0.39 is 0 Å². The first-order valence-corrected chi connectivity index (χ1v) is 6.58. The summed E-state index contributed by atoms with van der Waals surface area (Å²) < 4.78 is 1.03. The molecular formula is C13H18BrNO. The van der Waals surface area contributed by atoms with E-state index in [0.717, 1.165) is 28.1 Å². The zero-order chi connectivity index (χ0) is 11.7. The van der Waals surface area contributed by atoms with Crippen LogP contribution >= 0.6 is 15.9 Å². The molecule has 2 N–H and O–H groups in total. The largest absolute Gasteiger partial charge is 0.507 e. The molecule has 0 spiro atoms. The van der Waals surface area contributed by atoms with E-state index in [0.29, 0.717) is 11.8 Å². The number of aryl methyl sites for hydroxylation is 1. The molecule has 1 saturated carbocycles. The predicted octanol–water partition coefficient (Wildman–Crippen LogP) is 3.35. The zero-order valence-corrected chi connectivity index (χ0v) is 11.3. The smallest absolute Gasteiger partial charge is 0.123 e. The molecule has 0 aromatic heterocycles. The van der Waals surface area contributed by atoms with Crippen molar-refractivity contribution in [1.82, 2.24) is 5.32 Å². The van der Waals surface area contributed by atoms with Gasteiger partial charge in [0.15, 0.2) is 0 Å². The minimum atomic E-state index is 0.415. The lowest BCUT2D eigenvalue weighted by molar-refractivity contribution is 0.447. The molecule has 0 amide bonds. The summed E-state index contributed by atoms with van der Waals surface area (Å²) in [5, 5.41) is 13.4. The Morgan fingerprint density at radius 2 is 2.19 bits per heavy atom. The molecule has 16 heavy (non-hydrogen) atoms. The van der Waals surface area contributed by atoms with Gasteiger partial charge in [0.2, 0.25) is 0 Å². The molecule has 0 bridgehead atoms. The third kappa shape index (κ3) is 2.77. The van der Waals surface area contributed by atoms with Crippen LogP contribution in [0.2, 0.25) is 0 Å². The Morgan fingerprint density at radius 3 is 2.81 bits per heavy atom. The molecule has 0 heterocycles. The monoisotopic (exact) mass is 283 g/mol. The van der Waals surface area contributed by atoms with Gasteiger partial charge in [0, 0.05) is 22.6 Å². The summed E-state index contributed by atoms with van der Waals surface area (Å²) >= 11 is 3.46. The number of phenols is 1. The number of hydrogen-bond donors (Lipinski definition) is 2. The fraction of sp³-hybridized carbons (Fsp3) is 0.538. The first-order chi connectivity index (χ1) is 7.58. The second-order valence-electron chi connectivity index (χ2n) is 4.74. The maximum absolute atomic E-state index is 9.93. The second kappa shape index (κ2) is 4.76. The van der Waals surface area contributed by atoms with Crippen LogP contribution in [0, 0.1) is 12.8 Å². The van der Waals surface area contributed by atoms with Gasteiger partial charge in [0.05, 0.1) is 0 Å². The van der Waals surface area contributed by atoms with Crippen molar-refractivity contribution in [2.24, 2.45) is 5.92 Å². The molecule has 2 rings (SSSR count). The lowest BCUT2D eigenvalue weighted by Crippen LogP contribution is -2.27. The molecule has 1 aromatic rings. The van der Waals surface area contributed by atoms with Crippen molar-refractivity contribution < 1.29 is 5.11 Å². The van der Waals surface area contributed by atoms with Gasteiger partial charge >= 0.3 is 0 Å². The normalized spacial score (nSPS) is 17.4. The Morgan fingerprint density at radius 1 is 1.50 bits per heavy atom. The SMILES string of the molecule is Cc1cc(Br)cc(CNC(C)C2CC2)c1O. The molecule has 0 radical (unpaired) electrons. The summed E-state index contributed by atoms with van der Waals surface area (Å²) in [6, 6.07) is 4.47. The number of phenolic OH excluding ortho intramolecular Hbond substituents is 1. The van der Waals surface area contributed by atoms with E-state index >= 15 is 0 Å². The highest BCUT2D eigenvalue weighted by Gasteiger charge is 2.27. The van der Waals surface area contributed by atoms with E-state index in [4.69, 9.17) is 0 Å². The Labute approximate surface area is 105 Å².